The third-order valence-electron chi connectivity index (χ3n) is 3.85. The van der Waals surface area contributed by atoms with E-state index in [0.717, 1.165) is 0 Å². The number of halogens is 1. The fraction of sp³-hybridized carbons (Fsp3) is 0.150. The second kappa shape index (κ2) is 7.03. The molecule has 126 valence electrons. The van der Waals surface area contributed by atoms with Crippen LogP contribution in [0.5, 0.6) is 0 Å². The van der Waals surface area contributed by atoms with Crippen LogP contribution in [0, 0.1) is 6.92 Å². The highest BCUT2D eigenvalue weighted by atomic mass is 35.5. The lowest BCUT2D eigenvalue weighted by atomic mass is 10.1. The minimum atomic E-state index is -0.902. The molecule has 0 amide bonds. The highest BCUT2D eigenvalue weighted by Crippen LogP contribution is 2.20. The third kappa shape index (κ3) is 3.69. The van der Waals surface area contributed by atoms with Gasteiger partial charge in [0.15, 0.2) is 6.10 Å². The molecule has 25 heavy (non-hydrogen) atoms. The van der Waals surface area contributed by atoms with E-state index < -0.39 is 12.1 Å². The van der Waals surface area contributed by atoms with Crippen molar-refractivity contribution in [1.29, 1.82) is 0 Å². The lowest BCUT2D eigenvalue weighted by molar-refractivity contribution is 0.0320. The van der Waals surface area contributed by atoms with Crippen LogP contribution in [0.4, 0.5) is 0 Å². The van der Waals surface area contributed by atoms with E-state index in [2.05, 4.69) is 4.98 Å². The molecular formula is C20H16ClNO3. The summed E-state index contributed by atoms with van der Waals surface area (Å²) in [6.07, 6.45) is -0.902. The average Bonchev–Trinajstić information content (AvgIpc) is 2.60. The summed E-state index contributed by atoms with van der Waals surface area (Å²) in [5, 5.41) is 1.24. The summed E-state index contributed by atoms with van der Waals surface area (Å²) in [5.74, 6) is -0.823. The van der Waals surface area contributed by atoms with Gasteiger partial charge in [-0.3, -0.25) is 9.78 Å². The molecule has 3 rings (SSSR count). The number of rotatable bonds is 4. The summed E-state index contributed by atoms with van der Waals surface area (Å²) in [6.45, 7) is 3.37. The topological polar surface area (TPSA) is 56.3 Å². The van der Waals surface area contributed by atoms with Crippen molar-refractivity contribution in [2.24, 2.45) is 0 Å². The number of para-hydroxylation sites is 1. The number of hydrogen-bond donors (Lipinski definition) is 0. The van der Waals surface area contributed by atoms with Crippen LogP contribution in [-0.4, -0.2) is 22.8 Å². The molecule has 0 radical (unpaired) electrons. The molecule has 5 heteroatoms. The number of ether oxygens (including phenoxy) is 1. The quantitative estimate of drug-likeness (QED) is 0.507. The van der Waals surface area contributed by atoms with Gasteiger partial charge in [-0.25, -0.2) is 4.79 Å². The van der Waals surface area contributed by atoms with Gasteiger partial charge in [-0.15, -0.1) is 0 Å². The van der Waals surface area contributed by atoms with Gasteiger partial charge in [0, 0.05) is 21.7 Å². The van der Waals surface area contributed by atoms with Crippen LogP contribution >= 0.6 is 11.6 Å². The van der Waals surface area contributed by atoms with Crippen molar-refractivity contribution in [3.05, 3.63) is 76.4 Å². The van der Waals surface area contributed by atoms with E-state index in [9.17, 15) is 9.59 Å². The summed E-state index contributed by atoms with van der Waals surface area (Å²) in [7, 11) is 0. The number of Topliss-reactive ketones (excluding diaryl/α,β-unsaturated/α-hetero) is 1. The summed E-state index contributed by atoms with van der Waals surface area (Å²) in [6, 6.07) is 15.5. The van der Waals surface area contributed by atoms with E-state index in [0.29, 0.717) is 32.7 Å². The number of benzene rings is 2. The highest BCUT2D eigenvalue weighted by molar-refractivity contribution is 6.30. The Morgan fingerprint density at radius 1 is 1.08 bits per heavy atom. The molecule has 0 bridgehead atoms. The predicted octanol–water partition coefficient (Wildman–Crippen LogP) is 4.62. The van der Waals surface area contributed by atoms with Gasteiger partial charge in [-0.05, 0) is 50.2 Å². The first-order valence-electron chi connectivity index (χ1n) is 7.83. The van der Waals surface area contributed by atoms with Crippen LogP contribution in [0.15, 0.2) is 54.6 Å². The first-order valence-corrected chi connectivity index (χ1v) is 8.20. The van der Waals surface area contributed by atoms with E-state index in [4.69, 9.17) is 16.3 Å². The van der Waals surface area contributed by atoms with E-state index >= 15 is 0 Å². The number of carbonyl (C=O) groups is 2. The van der Waals surface area contributed by atoms with Gasteiger partial charge in [0.2, 0.25) is 5.78 Å². The maximum atomic E-state index is 12.6. The number of esters is 1. The smallest absolute Gasteiger partial charge is 0.339 e. The van der Waals surface area contributed by atoms with Crippen LogP contribution in [0.1, 0.15) is 33.3 Å². The monoisotopic (exact) mass is 353 g/mol. The van der Waals surface area contributed by atoms with Crippen LogP contribution in [0.3, 0.4) is 0 Å². The van der Waals surface area contributed by atoms with Gasteiger partial charge in [0.25, 0.3) is 0 Å². The summed E-state index contributed by atoms with van der Waals surface area (Å²) in [5.41, 5.74) is 2.27. The number of fused-ring (bicyclic) bond motifs is 1. The fourth-order valence-electron chi connectivity index (χ4n) is 2.60. The third-order valence-corrected chi connectivity index (χ3v) is 4.10. The molecule has 0 spiro atoms. The van der Waals surface area contributed by atoms with Gasteiger partial charge in [0.05, 0.1) is 11.1 Å². The number of ketones is 1. The summed E-state index contributed by atoms with van der Waals surface area (Å²) < 4.78 is 5.40. The van der Waals surface area contributed by atoms with Crippen molar-refractivity contribution in [2.45, 2.75) is 20.0 Å². The van der Waals surface area contributed by atoms with E-state index in [-0.39, 0.29) is 5.78 Å². The first kappa shape index (κ1) is 17.1. The Hall–Kier alpha value is -2.72. The SMILES string of the molecule is Cc1cc(C(=O)OC(C)C(=O)c2ccc(Cl)cc2)c2ccccc2n1. The lowest BCUT2D eigenvalue weighted by Gasteiger charge is -2.14. The Bertz CT molecular complexity index is 951. The standard InChI is InChI=1S/C20H16ClNO3/c1-12-11-17(16-5-3-4-6-18(16)22-12)20(24)25-13(2)19(23)14-7-9-15(21)10-8-14/h3-11,13H,1-2H3. The van der Waals surface area contributed by atoms with E-state index in [1.54, 1.807) is 37.3 Å². The molecule has 4 nitrogen and oxygen atoms in total. The maximum Gasteiger partial charge on any atom is 0.339 e. The second-order valence-corrected chi connectivity index (χ2v) is 6.18. The molecule has 0 N–H and O–H groups in total. The number of aryl methyl sites for hydroxylation is 1. The summed E-state index contributed by atoms with van der Waals surface area (Å²) >= 11 is 5.83. The number of aromatic nitrogens is 1. The molecule has 0 aliphatic rings. The molecule has 3 aromatic rings. The number of nitrogens with zero attached hydrogens (tertiary/aromatic N) is 1. The van der Waals surface area contributed by atoms with Crippen molar-refractivity contribution < 1.29 is 14.3 Å². The van der Waals surface area contributed by atoms with Crippen molar-refractivity contribution in [3.8, 4) is 0 Å². The Morgan fingerprint density at radius 3 is 2.48 bits per heavy atom. The highest BCUT2D eigenvalue weighted by Gasteiger charge is 2.22. The van der Waals surface area contributed by atoms with E-state index in [1.165, 1.54) is 0 Å². The molecule has 0 fully saturated rings. The molecule has 1 unspecified atom stereocenters. The Balaban J connectivity index is 1.85. The summed E-state index contributed by atoms with van der Waals surface area (Å²) in [4.78, 5) is 29.4. The molecule has 0 saturated heterocycles. The first-order chi connectivity index (χ1) is 12.0. The zero-order valence-corrected chi connectivity index (χ0v) is 14.6. The van der Waals surface area contributed by atoms with E-state index in [1.807, 2.05) is 31.2 Å². The normalized spacial score (nSPS) is 12.0. The lowest BCUT2D eigenvalue weighted by Crippen LogP contribution is -2.24. The van der Waals surface area contributed by atoms with Crippen molar-refractivity contribution in [3.63, 3.8) is 0 Å². The van der Waals surface area contributed by atoms with Gasteiger partial charge in [-0.2, -0.15) is 0 Å². The molecule has 0 aliphatic heterocycles. The van der Waals surface area contributed by atoms with Crippen molar-refractivity contribution in [2.75, 3.05) is 0 Å². The van der Waals surface area contributed by atoms with Gasteiger partial charge in [-0.1, -0.05) is 29.8 Å². The Kier molecular flexibility index (Phi) is 4.81. The second-order valence-electron chi connectivity index (χ2n) is 5.75. The van der Waals surface area contributed by atoms with Gasteiger partial charge >= 0.3 is 5.97 Å². The van der Waals surface area contributed by atoms with Gasteiger partial charge < -0.3 is 4.74 Å². The predicted molar refractivity (Wildman–Crippen MR) is 97.1 cm³/mol. The minimum Gasteiger partial charge on any atom is -0.451 e. The van der Waals surface area contributed by atoms with Gasteiger partial charge in [0.1, 0.15) is 0 Å². The maximum absolute atomic E-state index is 12.6. The molecule has 1 heterocycles. The molecule has 2 aromatic carbocycles. The number of pyridine rings is 1. The van der Waals surface area contributed by atoms with Crippen LogP contribution < -0.4 is 0 Å². The van der Waals surface area contributed by atoms with Crippen LogP contribution in [0.2, 0.25) is 5.02 Å². The largest absolute Gasteiger partial charge is 0.451 e. The molecule has 0 aliphatic carbocycles. The zero-order valence-electron chi connectivity index (χ0n) is 13.8. The Morgan fingerprint density at radius 2 is 1.76 bits per heavy atom. The van der Waals surface area contributed by atoms with Crippen molar-refractivity contribution >= 4 is 34.3 Å². The average molecular weight is 354 g/mol. The number of carbonyl (C=O) groups excluding carboxylic acids is 2. The zero-order chi connectivity index (χ0) is 18.0. The van der Waals surface area contributed by atoms with Crippen LogP contribution in [0.25, 0.3) is 10.9 Å². The fourth-order valence-corrected chi connectivity index (χ4v) is 2.73. The molecular weight excluding hydrogens is 338 g/mol. The molecule has 0 saturated carbocycles. The molecule has 1 aromatic heterocycles. The van der Waals surface area contributed by atoms with Crippen LogP contribution in [-0.2, 0) is 4.74 Å². The Labute approximate surface area is 150 Å². The number of hydrogen-bond acceptors (Lipinski definition) is 4. The minimum absolute atomic E-state index is 0.278. The molecule has 1 atom stereocenters. The van der Waals surface area contributed by atoms with Crippen molar-refractivity contribution in [1.82, 2.24) is 4.98 Å².